The van der Waals surface area contributed by atoms with E-state index in [2.05, 4.69) is 20.2 Å². The number of aromatic nitrogens is 2. The van der Waals surface area contributed by atoms with Gasteiger partial charge in [-0.25, -0.2) is 14.4 Å². The summed E-state index contributed by atoms with van der Waals surface area (Å²) in [5, 5.41) is 2.72. The van der Waals surface area contributed by atoms with Gasteiger partial charge in [-0.2, -0.15) is 0 Å². The Balaban J connectivity index is 1.77. The summed E-state index contributed by atoms with van der Waals surface area (Å²) in [6.07, 6.45) is 3.68. The molecule has 1 saturated heterocycles. The molecule has 7 heteroatoms. The Morgan fingerprint density at radius 1 is 1.23 bits per heavy atom. The van der Waals surface area contributed by atoms with E-state index in [4.69, 9.17) is 11.6 Å². The third-order valence-corrected chi connectivity index (χ3v) is 3.81. The van der Waals surface area contributed by atoms with Crippen LogP contribution in [-0.4, -0.2) is 29.0 Å². The van der Waals surface area contributed by atoms with Gasteiger partial charge in [0.2, 0.25) is 0 Å². The highest BCUT2D eigenvalue weighted by Gasteiger charge is 2.16. The third kappa shape index (κ3) is 3.17. The van der Waals surface area contributed by atoms with Crippen LogP contribution in [0.3, 0.4) is 0 Å². The first-order valence-electron chi connectivity index (χ1n) is 6.97. The second-order valence-electron chi connectivity index (χ2n) is 5.03. The molecule has 22 heavy (non-hydrogen) atoms. The molecule has 0 bridgehead atoms. The number of nitrogens with one attached hydrogen (secondary N) is 1. The van der Waals surface area contributed by atoms with Gasteiger partial charge in [-0.05, 0) is 31.0 Å². The zero-order chi connectivity index (χ0) is 15.5. The van der Waals surface area contributed by atoms with Crippen molar-refractivity contribution >= 4 is 29.1 Å². The Kier molecular flexibility index (Phi) is 4.20. The fourth-order valence-electron chi connectivity index (χ4n) is 2.39. The maximum Gasteiger partial charge on any atom is 0.258 e. The molecular formula is C15H14ClFN4O. The van der Waals surface area contributed by atoms with Crippen LogP contribution in [0.4, 0.5) is 16.0 Å². The molecule has 1 N–H and O–H groups in total. The Labute approximate surface area is 132 Å². The van der Waals surface area contributed by atoms with Crippen molar-refractivity contribution in [3.8, 4) is 0 Å². The number of hydrogen-bond donors (Lipinski definition) is 1. The van der Waals surface area contributed by atoms with Crippen LogP contribution in [0.2, 0.25) is 5.02 Å². The molecular weight excluding hydrogens is 307 g/mol. The first-order valence-corrected chi connectivity index (χ1v) is 7.35. The van der Waals surface area contributed by atoms with Crippen LogP contribution in [0.15, 0.2) is 30.6 Å². The van der Waals surface area contributed by atoms with Crippen molar-refractivity contribution < 1.29 is 9.18 Å². The Morgan fingerprint density at radius 3 is 2.73 bits per heavy atom. The van der Waals surface area contributed by atoms with Crippen molar-refractivity contribution in [2.45, 2.75) is 12.8 Å². The van der Waals surface area contributed by atoms with Gasteiger partial charge in [-0.15, -0.1) is 0 Å². The number of halogens is 2. The Hall–Kier alpha value is -2.21. The molecule has 0 unspecified atom stereocenters. The molecule has 0 aliphatic carbocycles. The van der Waals surface area contributed by atoms with Crippen molar-refractivity contribution in [3.63, 3.8) is 0 Å². The number of carbonyl (C=O) groups excluding carboxylic acids is 1. The lowest BCUT2D eigenvalue weighted by Crippen LogP contribution is -2.20. The maximum absolute atomic E-state index is 13.0. The molecule has 0 radical (unpaired) electrons. The van der Waals surface area contributed by atoms with E-state index in [0.29, 0.717) is 5.82 Å². The van der Waals surface area contributed by atoms with E-state index in [1.165, 1.54) is 18.5 Å². The highest BCUT2D eigenvalue weighted by Crippen LogP contribution is 2.21. The SMILES string of the molecule is O=C(Nc1cc(N2CCCC2)ncn1)c1ccc(F)cc1Cl. The van der Waals surface area contributed by atoms with E-state index < -0.39 is 11.7 Å². The number of benzene rings is 1. The van der Waals surface area contributed by atoms with Gasteiger partial charge >= 0.3 is 0 Å². The summed E-state index contributed by atoms with van der Waals surface area (Å²) < 4.78 is 13.0. The minimum Gasteiger partial charge on any atom is -0.356 e. The number of hydrogen-bond acceptors (Lipinski definition) is 4. The lowest BCUT2D eigenvalue weighted by Gasteiger charge is -2.16. The number of anilines is 2. The second kappa shape index (κ2) is 6.27. The van der Waals surface area contributed by atoms with Crippen molar-refractivity contribution in [1.29, 1.82) is 0 Å². The molecule has 1 fully saturated rings. The van der Waals surface area contributed by atoms with Crippen molar-refractivity contribution in [2.75, 3.05) is 23.3 Å². The molecule has 0 spiro atoms. The summed E-state index contributed by atoms with van der Waals surface area (Å²) in [6.45, 7) is 1.91. The summed E-state index contributed by atoms with van der Waals surface area (Å²) in [5.41, 5.74) is 0.199. The first kappa shape index (κ1) is 14.7. The number of carbonyl (C=O) groups is 1. The maximum atomic E-state index is 13.0. The molecule has 2 heterocycles. The van der Waals surface area contributed by atoms with Crippen LogP contribution in [-0.2, 0) is 0 Å². The summed E-state index contributed by atoms with van der Waals surface area (Å²) in [5.74, 6) is 0.256. The van der Waals surface area contributed by atoms with Crippen LogP contribution >= 0.6 is 11.6 Å². The molecule has 5 nitrogen and oxygen atoms in total. The zero-order valence-corrected chi connectivity index (χ0v) is 12.5. The van der Waals surface area contributed by atoms with E-state index >= 15 is 0 Å². The molecule has 1 aliphatic heterocycles. The van der Waals surface area contributed by atoms with E-state index in [0.717, 1.165) is 37.8 Å². The average Bonchev–Trinajstić information content (AvgIpc) is 3.01. The minimum atomic E-state index is -0.486. The number of amides is 1. The van der Waals surface area contributed by atoms with Gasteiger partial charge in [0.05, 0.1) is 10.6 Å². The highest BCUT2D eigenvalue weighted by molar-refractivity contribution is 6.34. The van der Waals surface area contributed by atoms with Gasteiger partial charge in [0.1, 0.15) is 23.8 Å². The Bertz CT molecular complexity index is 704. The smallest absolute Gasteiger partial charge is 0.258 e. The van der Waals surface area contributed by atoms with Crippen LogP contribution in [0, 0.1) is 5.82 Å². The predicted octanol–water partition coefficient (Wildman–Crippen LogP) is 3.12. The van der Waals surface area contributed by atoms with E-state index in [9.17, 15) is 9.18 Å². The largest absolute Gasteiger partial charge is 0.356 e. The third-order valence-electron chi connectivity index (χ3n) is 3.50. The van der Waals surface area contributed by atoms with Gasteiger partial charge in [-0.1, -0.05) is 11.6 Å². The molecule has 1 aromatic carbocycles. The average molecular weight is 321 g/mol. The first-order chi connectivity index (χ1) is 10.6. The predicted molar refractivity (Wildman–Crippen MR) is 82.8 cm³/mol. The van der Waals surface area contributed by atoms with Gasteiger partial charge in [0.25, 0.3) is 5.91 Å². The van der Waals surface area contributed by atoms with Gasteiger partial charge in [0, 0.05) is 19.2 Å². The molecule has 1 aliphatic rings. The molecule has 2 aromatic rings. The monoisotopic (exact) mass is 320 g/mol. The molecule has 0 saturated carbocycles. The minimum absolute atomic E-state index is 0.0614. The van der Waals surface area contributed by atoms with Crippen LogP contribution in [0.5, 0.6) is 0 Å². The molecule has 114 valence electrons. The van der Waals surface area contributed by atoms with E-state index in [1.54, 1.807) is 6.07 Å². The second-order valence-corrected chi connectivity index (χ2v) is 5.44. The standard InChI is InChI=1S/C15H14ClFN4O/c16-12-7-10(17)3-4-11(12)15(22)20-13-8-14(19-9-18-13)21-5-1-2-6-21/h3-4,7-9H,1-2,5-6H2,(H,18,19,20,22). The van der Waals surface area contributed by atoms with Crippen molar-refractivity contribution in [1.82, 2.24) is 9.97 Å². The fourth-order valence-corrected chi connectivity index (χ4v) is 2.64. The quantitative estimate of drug-likeness (QED) is 0.944. The van der Waals surface area contributed by atoms with Crippen LogP contribution in [0.25, 0.3) is 0 Å². The molecule has 0 atom stereocenters. The van der Waals surface area contributed by atoms with E-state index in [1.807, 2.05) is 0 Å². The van der Waals surface area contributed by atoms with E-state index in [-0.39, 0.29) is 10.6 Å². The lowest BCUT2D eigenvalue weighted by atomic mass is 10.2. The summed E-state index contributed by atoms with van der Waals surface area (Å²) >= 11 is 5.88. The fraction of sp³-hybridized carbons (Fsp3) is 0.267. The van der Waals surface area contributed by atoms with Crippen molar-refractivity contribution in [3.05, 3.63) is 47.0 Å². The van der Waals surface area contributed by atoms with Crippen LogP contribution < -0.4 is 10.2 Å². The molecule has 1 amide bonds. The number of rotatable bonds is 3. The Morgan fingerprint density at radius 2 is 2.00 bits per heavy atom. The topological polar surface area (TPSA) is 58.1 Å². The summed E-state index contributed by atoms with van der Waals surface area (Å²) in [4.78, 5) is 22.6. The van der Waals surface area contributed by atoms with Crippen LogP contribution in [0.1, 0.15) is 23.2 Å². The summed E-state index contributed by atoms with van der Waals surface area (Å²) in [6, 6.07) is 5.36. The normalized spacial score (nSPS) is 14.2. The van der Waals surface area contributed by atoms with Gasteiger partial charge in [0.15, 0.2) is 0 Å². The molecule has 1 aromatic heterocycles. The lowest BCUT2D eigenvalue weighted by molar-refractivity contribution is 0.102. The van der Waals surface area contributed by atoms with Gasteiger partial charge in [-0.3, -0.25) is 4.79 Å². The zero-order valence-electron chi connectivity index (χ0n) is 11.7. The van der Waals surface area contributed by atoms with Crippen molar-refractivity contribution in [2.24, 2.45) is 0 Å². The number of nitrogens with zero attached hydrogens (tertiary/aromatic N) is 3. The van der Waals surface area contributed by atoms with Gasteiger partial charge < -0.3 is 10.2 Å². The molecule has 3 rings (SSSR count). The highest BCUT2D eigenvalue weighted by atomic mass is 35.5. The summed E-state index contributed by atoms with van der Waals surface area (Å²) in [7, 11) is 0.